The second-order valence-corrected chi connectivity index (χ2v) is 10.6. The predicted octanol–water partition coefficient (Wildman–Crippen LogP) is 3.20. The van der Waals surface area contributed by atoms with Crippen molar-refractivity contribution in [1.29, 1.82) is 0 Å². The lowest BCUT2D eigenvalue weighted by molar-refractivity contribution is 0.317. The standard InChI is InChI=1S/C26H23N3O7S/c1-3-10-34-18-6-4-5-17(13-18)28-20-14-22-24(36-26(31)27(22)2)15-21(20)29(25(28)30)37(32,33)19-7-8-23-16(12-19)9-11-35-23/h4-8,12-15H,3,9-11H2,1-2H3. The summed E-state index contributed by atoms with van der Waals surface area (Å²) in [5, 5.41) is 0. The molecule has 37 heavy (non-hydrogen) atoms. The van der Waals surface area contributed by atoms with Crippen LogP contribution in [0.25, 0.3) is 27.8 Å². The monoisotopic (exact) mass is 521 g/mol. The van der Waals surface area contributed by atoms with E-state index in [1.165, 1.54) is 27.3 Å². The highest BCUT2D eigenvalue weighted by atomic mass is 32.2. The molecule has 190 valence electrons. The molecule has 0 spiro atoms. The zero-order valence-electron chi connectivity index (χ0n) is 20.1. The molecule has 0 saturated heterocycles. The van der Waals surface area contributed by atoms with Gasteiger partial charge in [0.25, 0.3) is 10.0 Å². The average Bonchev–Trinajstić information content (AvgIpc) is 3.55. The molecule has 1 aliphatic heterocycles. The summed E-state index contributed by atoms with van der Waals surface area (Å²) in [7, 11) is -2.79. The van der Waals surface area contributed by atoms with Crippen molar-refractivity contribution in [3.05, 3.63) is 81.2 Å². The van der Waals surface area contributed by atoms with Gasteiger partial charge in [-0.15, -0.1) is 0 Å². The molecule has 11 heteroatoms. The van der Waals surface area contributed by atoms with Crippen molar-refractivity contribution in [2.75, 3.05) is 13.2 Å². The average molecular weight is 522 g/mol. The summed E-state index contributed by atoms with van der Waals surface area (Å²) in [5.41, 5.74) is 1.38. The van der Waals surface area contributed by atoms with E-state index >= 15 is 0 Å². The van der Waals surface area contributed by atoms with Gasteiger partial charge in [-0.2, -0.15) is 3.97 Å². The van der Waals surface area contributed by atoms with Crippen LogP contribution in [0.15, 0.2) is 73.5 Å². The number of fused-ring (bicyclic) bond motifs is 3. The van der Waals surface area contributed by atoms with E-state index in [9.17, 15) is 18.0 Å². The van der Waals surface area contributed by atoms with Gasteiger partial charge in [-0.05, 0) is 48.4 Å². The Morgan fingerprint density at radius 3 is 2.65 bits per heavy atom. The number of ether oxygens (including phenoxy) is 2. The summed E-state index contributed by atoms with van der Waals surface area (Å²) in [6.07, 6.45) is 1.38. The number of hydrogen-bond acceptors (Lipinski definition) is 7. The molecule has 0 amide bonds. The maximum absolute atomic E-state index is 13.9. The van der Waals surface area contributed by atoms with Gasteiger partial charge in [0, 0.05) is 25.6 Å². The summed E-state index contributed by atoms with van der Waals surface area (Å²) >= 11 is 0. The van der Waals surface area contributed by atoms with Crippen LogP contribution in [0, 0.1) is 0 Å². The number of hydrogen-bond donors (Lipinski definition) is 0. The molecule has 0 N–H and O–H groups in total. The lowest BCUT2D eigenvalue weighted by Crippen LogP contribution is -2.29. The molecule has 0 atom stereocenters. The predicted molar refractivity (Wildman–Crippen MR) is 137 cm³/mol. The third-order valence-electron chi connectivity index (χ3n) is 6.46. The van der Waals surface area contributed by atoms with Gasteiger partial charge in [-0.1, -0.05) is 13.0 Å². The Morgan fingerprint density at radius 1 is 1.00 bits per heavy atom. The highest BCUT2D eigenvalue weighted by Gasteiger charge is 2.29. The first-order valence-electron chi connectivity index (χ1n) is 11.8. The highest BCUT2D eigenvalue weighted by Crippen LogP contribution is 2.31. The second-order valence-electron chi connectivity index (χ2n) is 8.84. The number of benzene rings is 3. The molecule has 3 heterocycles. The first-order valence-corrected chi connectivity index (χ1v) is 13.2. The normalized spacial score (nSPS) is 13.2. The Kier molecular flexibility index (Phi) is 5.27. The molecule has 2 aromatic heterocycles. The minimum atomic E-state index is -4.33. The lowest BCUT2D eigenvalue weighted by Gasteiger charge is -2.08. The van der Waals surface area contributed by atoms with Gasteiger partial charge in [-0.25, -0.2) is 18.0 Å². The summed E-state index contributed by atoms with van der Waals surface area (Å²) in [5.74, 6) is 0.579. The zero-order chi connectivity index (χ0) is 25.9. The van der Waals surface area contributed by atoms with E-state index < -0.39 is 21.5 Å². The van der Waals surface area contributed by atoms with E-state index in [1.807, 2.05) is 6.92 Å². The first-order chi connectivity index (χ1) is 17.8. The van der Waals surface area contributed by atoms with Gasteiger partial charge in [0.1, 0.15) is 11.5 Å². The smallest absolute Gasteiger partial charge is 0.419 e. The molecule has 10 nitrogen and oxygen atoms in total. The van der Waals surface area contributed by atoms with Crippen LogP contribution in [0.3, 0.4) is 0 Å². The van der Waals surface area contributed by atoms with Crippen molar-refractivity contribution < 1.29 is 22.3 Å². The van der Waals surface area contributed by atoms with Crippen LogP contribution in [0.1, 0.15) is 18.9 Å². The molecule has 0 radical (unpaired) electrons. The molecule has 1 aliphatic rings. The molecular formula is C26H23N3O7S. The summed E-state index contributed by atoms with van der Waals surface area (Å²) in [6, 6.07) is 14.4. The Balaban J connectivity index is 1.66. The lowest BCUT2D eigenvalue weighted by atomic mass is 10.2. The molecule has 6 rings (SSSR count). The number of aromatic nitrogens is 3. The second kappa shape index (κ2) is 8.41. The van der Waals surface area contributed by atoms with Crippen molar-refractivity contribution in [2.45, 2.75) is 24.7 Å². The van der Waals surface area contributed by atoms with Crippen molar-refractivity contribution >= 4 is 32.2 Å². The van der Waals surface area contributed by atoms with Gasteiger partial charge in [-0.3, -0.25) is 9.13 Å². The largest absolute Gasteiger partial charge is 0.494 e. The minimum Gasteiger partial charge on any atom is -0.494 e. The highest BCUT2D eigenvalue weighted by molar-refractivity contribution is 7.90. The van der Waals surface area contributed by atoms with Crippen LogP contribution in [-0.2, 0) is 23.5 Å². The molecule has 0 unspecified atom stereocenters. The number of rotatable bonds is 6. The quantitative estimate of drug-likeness (QED) is 0.337. The van der Waals surface area contributed by atoms with Crippen molar-refractivity contribution in [2.24, 2.45) is 7.05 Å². The van der Waals surface area contributed by atoms with E-state index in [0.29, 0.717) is 47.9 Å². The first kappa shape index (κ1) is 23.2. The number of imidazole rings is 1. The molecule has 5 aromatic rings. The Morgan fingerprint density at radius 2 is 1.84 bits per heavy atom. The van der Waals surface area contributed by atoms with Crippen molar-refractivity contribution in [3.63, 3.8) is 0 Å². The van der Waals surface area contributed by atoms with E-state index in [4.69, 9.17) is 13.9 Å². The van der Waals surface area contributed by atoms with Crippen LogP contribution < -0.4 is 20.9 Å². The zero-order valence-corrected chi connectivity index (χ0v) is 20.9. The van der Waals surface area contributed by atoms with Crippen molar-refractivity contribution in [3.8, 4) is 17.2 Å². The Labute approximate surface area is 210 Å². The molecule has 0 fully saturated rings. The fraction of sp³-hybridized carbons (Fsp3) is 0.231. The van der Waals surface area contributed by atoms with Crippen LogP contribution in [0.2, 0.25) is 0 Å². The fourth-order valence-electron chi connectivity index (χ4n) is 4.63. The van der Waals surface area contributed by atoms with Crippen LogP contribution in [0.4, 0.5) is 0 Å². The molecule has 0 aliphatic carbocycles. The number of aryl methyl sites for hydroxylation is 1. The molecular weight excluding hydrogens is 498 g/mol. The maximum atomic E-state index is 13.9. The Bertz CT molecular complexity index is 1930. The van der Waals surface area contributed by atoms with Gasteiger partial charge >= 0.3 is 11.4 Å². The minimum absolute atomic E-state index is 0.0347. The summed E-state index contributed by atoms with van der Waals surface area (Å²) in [6.45, 7) is 2.95. The van der Waals surface area contributed by atoms with Crippen LogP contribution in [-0.4, -0.2) is 34.7 Å². The van der Waals surface area contributed by atoms with Gasteiger partial charge in [0.2, 0.25) is 0 Å². The topological polar surface area (TPSA) is 115 Å². The van der Waals surface area contributed by atoms with Gasteiger partial charge in [0.05, 0.1) is 40.3 Å². The van der Waals surface area contributed by atoms with Crippen LogP contribution >= 0.6 is 0 Å². The Hall–Kier alpha value is -4.25. The van der Waals surface area contributed by atoms with E-state index in [0.717, 1.165) is 16.0 Å². The third-order valence-corrected chi connectivity index (χ3v) is 8.14. The molecule has 3 aromatic carbocycles. The molecule has 0 saturated carbocycles. The van der Waals surface area contributed by atoms with Crippen LogP contribution in [0.5, 0.6) is 11.5 Å². The van der Waals surface area contributed by atoms with E-state index in [-0.39, 0.29) is 16.0 Å². The number of nitrogens with zero attached hydrogens (tertiary/aromatic N) is 3. The maximum Gasteiger partial charge on any atom is 0.419 e. The number of oxazole rings is 1. The van der Waals surface area contributed by atoms with Gasteiger partial charge in [0.15, 0.2) is 5.58 Å². The fourth-order valence-corrected chi connectivity index (χ4v) is 6.07. The third kappa shape index (κ3) is 3.57. The summed E-state index contributed by atoms with van der Waals surface area (Å²) < 4.78 is 47.7. The summed E-state index contributed by atoms with van der Waals surface area (Å²) in [4.78, 5) is 26.1. The van der Waals surface area contributed by atoms with E-state index in [2.05, 4.69) is 0 Å². The van der Waals surface area contributed by atoms with E-state index in [1.54, 1.807) is 43.4 Å². The van der Waals surface area contributed by atoms with Crippen molar-refractivity contribution in [1.82, 2.24) is 13.1 Å². The van der Waals surface area contributed by atoms with Gasteiger partial charge < -0.3 is 13.9 Å². The SMILES string of the molecule is CCCOc1cccc(-n2c(=O)n(S(=O)(=O)c3ccc4c(c3)CCO4)c3cc4oc(=O)n(C)c4cc32)c1. The molecule has 0 bridgehead atoms.